The van der Waals surface area contributed by atoms with Gasteiger partial charge in [-0.1, -0.05) is 0 Å². The van der Waals surface area contributed by atoms with E-state index in [9.17, 15) is 21.6 Å². The highest BCUT2D eigenvalue weighted by atomic mass is 32.2. The van der Waals surface area contributed by atoms with E-state index < -0.39 is 25.8 Å². The Hall–Kier alpha value is -0.970. The van der Waals surface area contributed by atoms with Crippen molar-refractivity contribution in [2.75, 3.05) is 24.6 Å². The summed E-state index contributed by atoms with van der Waals surface area (Å²) in [6.07, 6.45) is 0.0451. The number of sulfone groups is 1. The molecule has 10 heteroatoms. The van der Waals surface area contributed by atoms with Crippen molar-refractivity contribution in [3.63, 3.8) is 0 Å². The number of rotatable bonds is 4. The van der Waals surface area contributed by atoms with E-state index in [0.29, 0.717) is 4.88 Å². The Kier molecular flexibility index (Phi) is 4.71. The molecule has 2 rings (SSSR count). The Morgan fingerprint density at radius 3 is 2.67 bits per heavy atom. The molecule has 1 fully saturated rings. The molecule has 2 heterocycles. The molecule has 1 aromatic heterocycles. The van der Waals surface area contributed by atoms with Crippen LogP contribution in [0, 0.1) is 0 Å². The SMILES string of the molecule is O=C(O)Cc1ccc(S(=O)(=O)N2CCCS(=O)(=O)CC2)s1. The van der Waals surface area contributed by atoms with Gasteiger partial charge in [-0.05, 0) is 18.6 Å². The lowest BCUT2D eigenvalue weighted by Gasteiger charge is -2.18. The highest BCUT2D eigenvalue weighted by Crippen LogP contribution is 2.26. The number of aliphatic carboxylic acids is 1. The van der Waals surface area contributed by atoms with Crippen LogP contribution in [0.25, 0.3) is 0 Å². The van der Waals surface area contributed by atoms with Gasteiger partial charge in [0, 0.05) is 18.0 Å². The zero-order valence-corrected chi connectivity index (χ0v) is 13.5. The summed E-state index contributed by atoms with van der Waals surface area (Å²) in [6, 6.07) is 2.85. The molecule has 0 aromatic carbocycles. The van der Waals surface area contributed by atoms with Crippen LogP contribution in [0.4, 0.5) is 0 Å². The average molecular weight is 353 g/mol. The van der Waals surface area contributed by atoms with Gasteiger partial charge in [-0.25, -0.2) is 16.8 Å². The fourth-order valence-electron chi connectivity index (χ4n) is 2.02. The number of hydrogen-bond donors (Lipinski definition) is 1. The monoisotopic (exact) mass is 353 g/mol. The minimum absolute atomic E-state index is 0.00623. The normalized spacial score (nSPS) is 20.0. The van der Waals surface area contributed by atoms with Crippen LogP contribution in [0.2, 0.25) is 0 Å². The zero-order valence-electron chi connectivity index (χ0n) is 11.1. The minimum Gasteiger partial charge on any atom is -0.481 e. The summed E-state index contributed by atoms with van der Waals surface area (Å²) >= 11 is 0.909. The fourth-order valence-corrected chi connectivity index (χ4v) is 6.39. The quantitative estimate of drug-likeness (QED) is 0.827. The van der Waals surface area contributed by atoms with Crippen LogP contribution >= 0.6 is 11.3 Å². The van der Waals surface area contributed by atoms with Gasteiger partial charge in [0.15, 0.2) is 9.84 Å². The molecule has 0 aliphatic carbocycles. The van der Waals surface area contributed by atoms with Crippen LogP contribution in [-0.4, -0.2) is 56.8 Å². The summed E-state index contributed by atoms with van der Waals surface area (Å²) in [5.41, 5.74) is 0. The zero-order chi connectivity index (χ0) is 15.7. The van der Waals surface area contributed by atoms with Crippen molar-refractivity contribution in [3.05, 3.63) is 17.0 Å². The lowest BCUT2D eigenvalue weighted by molar-refractivity contribution is -0.136. The van der Waals surface area contributed by atoms with Crippen LogP contribution in [0.1, 0.15) is 11.3 Å². The Bertz CT molecular complexity index is 734. The number of thiophene rings is 1. The second-order valence-corrected chi connectivity index (χ2v) is 10.3. The van der Waals surface area contributed by atoms with Crippen LogP contribution in [0.3, 0.4) is 0 Å². The molecule has 7 nitrogen and oxygen atoms in total. The first-order valence-electron chi connectivity index (χ1n) is 6.22. The van der Waals surface area contributed by atoms with Gasteiger partial charge in [0.05, 0.1) is 17.9 Å². The number of carbonyl (C=O) groups is 1. The molecular formula is C11H15NO6S3. The number of hydrogen-bond acceptors (Lipinski definition) is 6. The number of nitrogens with zero attached hydrogens (tertiary/aromatic N) is 1. The summed E-state index contributed by atoms with van der Waals surface area (Å²) in [6.45, 7) is 0.102. The van der Waals surface area contributed by atoms with Crippen molar-refractivity contribution in [1.82, 2.24) is 4.31 Å². The van der Waals surface area contributed by atoms with E-state index in [4.69, 9.17) is 5.11 Å². The molecule has 0 unspecified atom stereocenters. The van der Waals surface area contributed by atoms with Gasteiger partial charge in [0.2, 0.25) is 0 Å². The number of sulfonamides is 1. The van der Waals surface area contributed by atoms with Crippen molar-refractivity contribution < 1.29 is 26.7 Å². The van der Waals surface area contributed by atoms with Crippen molar-refractivity contribution in [2.24, 2.45) is 0 Å². The first-order chi connectivity index (χ1) is 9.71. The fraction of sp³-hybridized carbons (Fsp3) is 0.545. The van der Waals surface area contributed by atoms with Gasteiger partial charge >= 0.3 is 5.97 Å². The first kappa shape index (κ1) is 16.4. The lowest BCUT2D eigenvalue weighted by Crippen LogP contribution is -2.33. The van der Waals surface area contributed by atoms with Crippen molar-refractivity contribution >= 4 is 37.2 Å². The van der Waals surface area contributed by atoms with Gasteiger partial charge in [0.25, 0.3) is 10.0 Å². The van der Waals surface area contributed by atoms with Crippen LogP contribution < -0.4 is 0 Å². The Balaban J connectivity index is 2.21. The molecule has 0 saturated carbocycles. The molecule has 1 aromatic rings. The Morgan fingerprint density at radius 1 is 1.29 bits per heavy atom. The maximum Gasteiger partial charge on any atom is 0.308 e. The Morgan fingerprint density at radius 2 is 2.00 bits per heavy atom. The standard InChI is InChI=1S/C11H15NO6S3/c13-10(14)8-9-2-3-11(19-9)21(17,18)12-4-1-6-20(15,16)7-5-12/h2-3H,1,4-8H2,(H,13,14). The molecule has 118 valence electrons. The molecule has 21 heavy (non-hydrogen) atoms. The average Bonchev–Trinajstić information content (AvgIpc) is 2.73. The van der Waals surface area contributed by atoms with Crippen LogP contribution in [-0.2, 0) is 31.1 Å². The maximum absolute atomic E-state index is 12.4. The molecule has 0 bridgehead atoms. The van der Waals surface area contributed by atoms with Gasteiger partial charge in [-0.2, -0.15) is 4.31 Å². The van der Waals surface area contributed by atoms with E-state index in [1.807, 2.05) is 0 Å². The van der Waals surface area contributed by atoms with E-state index >= 15 is 0 Å². The number of carboxylic acid groups (broad SMARTS) is 1. The van der Waals surface area contributed by atoms with E-state index in [-0.39, 0.29) is 41.6 Å². The van der Waals surface area contributed by atoms with E-state index in [1.165, 1.54) is 12.1 Å². The smallest absolute Gasteiger partial charge is 0.308 e. The molecule has 1 aliphatic rings. The van der Waals surface area contributed by atoms with E-state index in [0.717, 1.165) is 15.6 Å². The van der Waals surface area contributed by atoms with E-state index in [2.05, 4.69) is 0 Å². The molecule has 0 radical (unpaired) electrons. The van der Waals surface area contributed by atoms with Gasteiger partial charge in [0.1, 0.15) is 4.21 Å². The predicted molar refractivity (Wildman–Crippen MR) is 77.7 cm³/mol. The highest BCUT2D eigenvalue weighted by Gasteiger charge is 2.30. The summed E-state index contributed by atoms with van der Waals surface area (Å²) in [4.78, 5) is 11.1. The van der Waals surface area contributed by atoms with Crippen molar-refractivity contribution in [2.45, 2.75) is 17.1 Å². The molecular weight excluding hydrogens is 338 g/mol. The molecule has 0 atom stereocenters. The largest absolute Gasteiger partial charge is 0.481 e. The van der Waals surface area contributed by atoms with Gasteiger partial charge < -0.3 is 5.11 Å². The van der Waals surface area contributed by atoms with Gasteiger partial charge in [-0.15, -0.1) is 11.3 Å². The molecule has 0 amide bonds. The lowest BCUT2D eigenvalue weighted by atomic mass is 10.3. The summed E-state index contributed by atoms with van der Waals surface area (Å²) < 4.78 is 49.1. The summed E-state index contributed by atoms with van der Waals surface area (Å²) in [5.74, 6) is -1.21. The minimum atomic E-state index is -3.76. The predicted octanol–water partition coefficient (Wildman–Crippen LogP) is 0.184. The second kappa shape index (κ2) is 6.03. The van der Waals surface area contributed by atoms with Crippen molar-refractivity contribution in [1.29, 1.82) is 0 Å². The summed E-state index contributed by atoms with van der Waals surface area (Å²) in [7, 11) is -6.94. The Labute approximate surface area is 127 Å². The molecule has 1 aliphatic heterocycles. The first-order valence-corrected chi connectivity index (χ1v) is 10.3. The van der Waals surface area contributed by atoms with Crippen LogP contribution in [0.5, 0.6) is 0 Å². The molecule has 0 spiro atoms. The number of carboxylic acids is 1. The third-order valence-electron chi connectivity index (χ3n) is 3.07. The maximum atomic E-state index is 12.4. The third-order valence-corrected chi connectivity index (χ3v) is 8.24. The molecule has 1 N–H and O–H groups in total. The van der Waals surface area contributed by atoms with Gasteiger partial charge in [-0.3, -0.25) is 4.79 Å². The highest BCUT2D eigenvalue weighted by molar-refractivity contribution is 7.92. The van der Waals surface area contributed by atoms with Crippen LogP contribution in [0.15, 0.2) is 16.3 Å². The molecule has 1 saturated heterocycles. The van der Waals surface area contributed by atoms with Crippen molar-refractivity contribution in [3.8, 4) is 0 Å². The van der Waals surface area contributed by atoms with E-state index in [1.54, 1.807) is 0 Å². The second-order valence-electron chi connectivity index (χ2n) is 4.70. The topological polar surface area (TPSA) is 109 Å². The summed E-state index contributed by atoms with van der Waals surface area (Å²) in [5, 5.41) is 8.70. The third kappa shape index (κ3) is 4.02.